The van der Waals surface area contributed by atoms with Gasteiger partial charge < -0.3 is 20.5 Å². The highest BCUT2D eigenvalue weighted by Crippen LogP contribution is 2.32. The number of amides is 2. The Labute approximate surface area is 173 Å². The molecule has 2 aromatic carbocycles. The molecule has 8 heteroatoms. The zero-order valence-corrected chi connectivity index (χ0v) is 17.1. The summed E-state index contributed by atoms with van der Waals surface area (Å²) in [6.07, 6.45) is -0.00452. The largest absolute Gasteiger partial charge is 0.489 e. The van der Waals surface area contributed by atoms with Crippen LogP contribution in [0.25, 0.3) is 0 Å². The number of carboxylic acid groups (broad SMARTS) is 1. The quantitative estimate of drug-likeness (QED) is 0.514. The van der Waals surface area contributed by atoms with E-state index in [0.717, 1.165) is 5.56 Å². The average molecular weight is 416 g/mol. The molecule has 29 heavy (non-hydrogen) atoms. The highest BCUT2D eigenvalue weighted by atomic mass is 32.2. The minimum atomic E-state index is -0.890. The molecule has 0 aliphatic rings. The molecule has 0 bridgehead atoms. The first kappa shape index (κ1) is 22.3. The zero-order valence-electron chi connectivity index (χ0n) is 16.3. The van der Waals surface area contributed by atoms with Crippen LogP contribution in [0.3, 0.4) is 0 Å². The number of carbonyl (C=O) groups is 3. The number of anilines is 1. The molecule has 3 N–H and O–H groups in total. The summed E-state index contributed by atoms with van der Waals surface area (Å²) in [6.45, 7) is 3.33. The Morgan fingerprint density at radius 1 is 1.14 bits per heavy atom. The number of rotatable bonds is 10. The SMILES string of the molecule is CC(=O)N[C@@H](C)C(=O)Nc1ccc(OCc2ccccc2)cc1SCCC(=O)O. The lowest BCUT2D eigenvalue weighted by molar-refractivity contribution is -0.136. The third kappa shape index (κ3) is 7.87. The van der Waals surface area contributed by atoms with Crippen molar-refractivity contribution in [3.63, 3.8) is 0 Å². The number of hydrogen-bond donors (Lipinski definition) is 3. The molecule has 0 fully saturated rings. The first-order valence-corrected chi connectivity index (χ1v) is 10.1. The number of aliphatic carboxylic acids is 1. The number of benzene rings is 2. The molecular weight excluding hydrogens is 392 g/mol. The fraction of sp³-hybridized carbons (Fsp3) is 0.286. The predicted octanol–water partition coefficient (Wildman–Crippen LogP) is 3.30. The van der Waals surface area contributed by atoms with Crippen LogP contribution < -0.4 is 15.4 Å². The molecule has 1 atom stereocenters. The van der Waals surface area contributed by atoms with Crippen LogP contribution in [0.1, 0.15) is 25.8 Å². The molecule has 2 aromatic rings. The van der Waals surface area contributed by atoms with Gasteiger partial charge in [0.1, 0.15) is 18.4 Å². The maximum Gasteiger partial charge on any atom is 0.304 e. The molecule has 2 amide bonds. The second-order valence-corrected chi connectivity index (χ2v) is 7.47. The van der Waals surface area contributed by atoms with Gasteiger partial charge in [-0.3, -0.25) is 14.4 Å². The van der Waals surface area contributed by atoms with Crippen molar-refractivity contribution in [2.75, 3.05) is 11.1 Å². The van der Waals surface area contributed by atoms with E-state index in [9.17, 15) is 14.4 Å². The fourth-order valence-electron chi connectivity index (χ4n) is 2.42. The van der Waals surface area contributed by atoms with Crippen molar-refractivity contribution in [1.82, 2.24) is 5.32 Å². The van der Waals surface area contributed by atoms with E-state index in [1.807, 2.05) is 30.3 Å². The van der Waals surface area contributed by atoms with E-state index in [1.165, 1.54) is 18.7 Å². The van der Waals surface area contributed by atoms with Crippen LogP contribution in [0.15, 0.2) is 53.4 Å². The van der Waals surface area contributed by atoms with Crippen molar-refractivity contribution in [3.05, 3.63) is 54.1 Å². The Kier molecular flexibility index (Phi) is 8.54. The maximum absolute atomic E-state index is 12.3. The highest BCUT2D eigenvalue weighted by Gasteiger charge is 2.16. The summed E-state index contributed by atoms with van der Waals surface area (Å²) in [7, 11) is 0. The van der Waals surface area contributed by atoms with Crippen LogP contribution in [0.5, 0.6) is 5.75 Å². The second-order valence-electron chi connectivity index (χ2n) is 6.34. The Balaban J connectivity index is 2.12. The first-order chi connectivity index (χ1) is 13.8. The fourth-order valence-corrected chi connectivity index (χ4v) is 3.39. The standard InChI is InChI=1S/C21H24N2O5S/c1-14(22-15(2)24)21(27)23-18-9-8-17(12-19(18)29-11-10-20(25)26)28-13-16-6-4-3-5-7-16/h3-9,12,14H,10-11,13H2,1-2H3,(H,22,24)(H,23,27)(H,25,26)/t14-/m0/s1. The van der Waals surface area contributed by atoms with Crippen molar-refractivity contribution in [2.24, 2.45) is 0 Å². The van der Waals surface area contributed by atoms with Crippen LogP contribution in [-0.4, -0.2) is 34.7 Å². The summed E-state index contributed by atoms with van der Waals surface area (Å²) in [4.78, 5) is 35.0. The second kappa shape index (κ2) is 11.1. The Bertz CT molecular complexity index is 857. The van der Waals surface area contributed by atoms with Gasteiger partial charge >= 0.3 is 5.97 Å². The van der Waals surface area contributed by atoms with Crippen LogP contribution in [0.4, 0.5) is 5.69 Å². The van der Waals surface area contributed by atoms with Gasteiger partial charge in [-0.05, 0) is 30.7 Å². The van der Waals surface area contributed by atoms with E-state index >= 15 is 0 Å². The number of carboxylic acids is 1. The number of thioether (sulfide) groups is 1. The van der Waals surface area contributed by atoms with Crippen molar-refractivity contribution < 1.29 is 24.2 Å². The van der Waals surface area contributed by atoms with Gasteiger partial charge in [0.25, 0.3) is 0 Å². The molecule has 0 aliphatic carbocycles. The number of nitrogens with one attached hydrogen (secondary N) is 2. The minimum Gasteiger partial charge on any atom is -0.489 e. The van der Waals surface area contributed by atoms with Crippen molar-refractivity contribution in [1.29, 1.82) is 0 Å². The van der Waals surface area contributed by atoms with E-state index in [2.05, 4.69) is 10.6 Å². The van der Waals surface area contributed by atoms with Gasteiger partial charge in [-0.1, -0.05) is 30.3 Å². The van der Waals surface area contributed by atoms with Gasteiger partial charge in [-0.15, -0.1) is 11.8 Å². The average Bonchev–Trinajstić information content (AvgIpc) is 2.68. The van der Waals surface area contributed by atoms with Crippen molar-refractivity contribution in [2.45, 2.75) is 37.8 Å². The number of ether oxygens (including phenoxy) is 1. The molecule has 0 spiro atoms. The van der Waals surface area contributed by atoms with Crippen LogP contribution >= 0.6 is 11.8 Å². The normalized spacial score (nSPS) is 11.4. The molecule has 0 aromatic heterocycles. The van der Waals surface area contributed by atoms with Crippen LogP contribution in [0.2, 0.25) is 0 Å². The molecule has 0 saturated carbocycles. The highest BCUT2D eigenvalue weighted by molar-refractivity contribution is 7.99. The van der Waals surface area contributed by atoms with E-state index in [-0.39, 0.29) is 18.2 Å². The van der Waals surface area contributed by atoms with E-state index in [4.69, 9.17) is 9.84 Å². The van der Waals surface area contributed by atoms with Gasteiger partial charge in [0.2, 0.25) is 11.8 Å². The molecule has 154 valence electrons. The Morgan fingerprint density at radius 2 is 1.86 bits per heavy atom. The smallest absolute Gasteiger partial charge is 0.304 e. The molecule has 0 unspecified atom stereocenters. The zero-order chi connectivity index (χ0) is 21.2. The summed E-state index contributed by atoms with van der Waals surface area (Å²) in [5.74, 6) is -0.591. The van der Waals surface area contributed by atoms with Crippen LogP contribution in [-0.2, 0) is 21.0 Å². The monoisotopic (exact) mass is 416 g/mol. The molecular formula is C21H24N2O5S. The molecule has 0 radical (unpaired) electrons. The lowest BCUT2D eigenvalue weighted by Gasteiger charge is -2.16. The molecule has 2 rings (SSSR count). The van der Waals surface area contributed by atoms with E-state index in [1.54, 1.807) is 25.1 Å². The number of hydrogen-bond acceptors (Lipinski definition) is 5. The molecule has 7 nitrogen and oxygen atoms in total. The van der Waals surface area contributed by atoms with Crippen molar-refractivity contribution >= 4 is 35.2 Å². The summed E-state index contributed by atoms with van der Waals surface area (Å²) in [6, 6.07) is 14.2. The lowest BCUT2D eigenvalue weighted by Crippen LogP contribution is -2.40. The minimum absolute atomic E-state index is 0.00452. The topological polar surface area (TPSA) is 105 Å². The van der Waals surface area contributed by atoms with Gasteiger partial charge in [-0.25, -0.2) is 0 Å². The molecule has 0 aliphatic heterocycles. The van der Waals surface area contributed by atoms with Gasteiger partial charge in [-0.2, -0.15) is 0 Å². The van der Waals surface area contributed by atoms with Gasteiger partial charge in [0, 0.05) is 17.6 Å². The van der Waals surface area contributed by atoms with E-state index in [0.29, 0.717) is 28.7 Å². The van der Waals surface area contributed by atoms with E-state index < -0.39 is 12.0 Å². The maximum atomic E-state index is 12.3. The number of carbonyl (C=O) groups excluding carboxylic acids is 2. The third-order valence-corrected chi connectivity index (χ3v) is 4.90. The van der Waals surface area contributed by atoms with Gasteiger partial charge in [0.05, 0.1) is 12.1 Å². The molecule has 0 saturated heterocycles. The van der Waals surface area contributed by atoms with Gasteiger partial charge in [0.15, 0.2) is 0 Å². The summed E-state index contributed by atoms with van der Waals surface area (Å²) in [5.41, 5.74) is 1.56. The molecule has 0 heterocycles. The first-order valence-electron chi connectivity index (χ1n) is 9.08. The summed E-state index contributed by atoms with van der Waals surface area (Å²) >= 11 is 1.32. The summed E-state index contributed by atoms with van der Waals surface area (Å²) in [5, 5.41) is 14.2. The van der Waals surface area contributed by atoms with Crippen molar-refractivity contribution in [3.8, 4) is 5.75 Å². The summed E-state index contributed by atoms with van der Waals surface area (Å²) < 4.78 is 5.82. The Hall–Kier alpha value is -3.00. The third-order valence-electron chi connectivity index (χ3n) is 3.85. The van der Waals surface area contributed by atoms with Crippen LogP contribution in [0, 0.1) is 0 Å². The lowest BCUT2D eigenvalue weighted by atomic mass is 10.2. The predicted molar refractivity (Wildman–Crippen MR) is 112 cm³/mol. The Morgan fingerprint density at radius 3 is 2.52 bits per heavy atom.